The molecule has 2 heterocycles. The van der Waals surface area contributed by atoms with Gasteiger partial charge in [0.15, 0.2) is 0 Å². The first-order valence-corrected chi connectivity index (χ1v) is 4.50. The Balaban J connectivity index is 2.25. The van der Waals surface area contributed by atoms with Gasteiger partial charge < -0.3 is 9.88 Å². The van der Waals surface area contributed by atoms with E-state index >= 15 is 0 Å². The van der Waals surface area contributed by atoms with E-state index < -0.39 is 0 Å². The monoisotopic (exact) mass is 165 g/mol. The number of aromatic nitrogens is 2. The molecule has 66 valence electrons. The molecule has 1 fully saturated rings. The van der Waals surface area contributed by atoms with Crippen molar-refractivity contribution in [1.82, 2.24) is 14.9 Å². The van der Waals surface area contributed by atoms with Crippen LogP contribution in [-0.4, -0.2) is 16.1 Å². The zero-order chi connectivity index (χ0) is 8.55. The number of hydrogen-bond donors (Lipinski definition) is 1. The molecular formula is C9H15N3. The average Bonchev–Trinajstić information content (AvgIpc) is 2.58. The number of imidazole rings is 1. The van der Waals surface area contributed by atoms with Crippen LogP contribution in [0.5, 0.6) is 0 Å². The molecule has 1 atom stereocenters. The topological polar surface area (TPSA) is 29.9 Å². The predicted octanol–water partition coefficient (Wildman–Crippen LogP) is 1.15. The lowest BCUT2D eigenvalue weighted by Crippen LogP contribution is -2.16. The highest BCUT2D eigenvalue weighted by atomic mass is 15.1. The molecule has 0 bridgehead atoms. The summed E-state index contributed by atoms with van der Waals surface area (Å²) < 4.78 is 2.12. The average molecular weight is 165 g/mol. The summed E-state index contributed by atoms with van der Waals surface area (Å²) in [5.74, 6) is 1.19. The standard InChI is InChI=1S/C9H15N3/c1-7-6-12(2)9(11-7)8-4-3-5-10-8/h6,8,10H,3-5H2,1-2H3. The van der Waals surface area contributed by atoms with Gasteiger partial charge in [-0.05, 0) is 26.3 Å². The Bertz CT molecular complexity index is 271. The Morgan fingerprint density at radius 2 is 2.50 bits per heavy atom. The van der Waals surface area contributed by atoms with Gasteiger partial charge in [-0.3, -0.25) is 0 Å². The lowest BCUT2D eigenvalue weighted by molar-refractivity contribution is 0.579. The largest absolute Gasteiger partial charge is 0.336 e. The third-order valence-electron chi connectivity index (χ3n) is 2.40. The number of nitrogens with zero attached hydrogens (tertiary/aromatic N) is 2. The van der Waals surface area contributed by atoms with Crippen molar-refractivity contribution in [3.8, 4) is 0 Å². The molecule has 1 aliphatic rings. The lowest BCUT2D eigenvalue weighted by atomic mass is 10.2. The second-order valence-electron chi connectivity index (χ2n) is 3.50. The number of nitrogens with one attached hydrogen (secondary N) is 1. The molecule has 0 amide bonds. The first-order chi connectivity index (χ1) is 5.77. The molecule has 3 nitrogen and oxygen atoms in total. The van der Waals surface area contributed by atoms with Crippen LogP contribution in [0.25, 0.3) is 0 Å². The molecule has 1 saturated heterocycles. The van der Waals surface area contributed by atoms with E-state index in [0.717, 1.165) is 12.2 Å². The fourth-order valence-corrected chi connectivity index (χ4v) is 1.86. The van der Waals surface area contributed by atoms with Crippen LogP contribution in [0, 0.1) is 6.92 Å². The van der Waals surface area contributed by atoms with Gasteiger partial charge in [0, 0.05) is 13.2 Å². The van der Waals surface area contributed by atoms with Crippen LogP contribution in [0.2, 0.25) is 0 Å². The Hall–Kier alpha value is -0.830. The molecule has 0 radical (unpaired) electrons. The Morgan fingerprint density at radius 1 is 1.67 bits per heavy atom. The minimum atomic E-state index is 0.490. The van der Waals surface area contributed by atoms with Gasteiger partial charge in [-0.15, -0.1) is 0 Å². The number of rotatable bonds is 1. The minimum Gasteiger partial charge on any atom is -0.336 e. The normalized spacial score (nSPS) is 23.3. The number of aryl methyl sites for hydroxylation is 2. The van der Waals surface area contributed by atoms with E-state index in [4.69, 9.17) is 0 Å². The molecule has 0 aromatic carbocycles. The van der Waals surface area contributed by atoms with Gasteiger partial charge in [0.05, 0.1) is 11.7 Å². The lowest BCUT2D eigenvalue weighted by Gasteiger charge is -2.08. The predicted molar refractivity (Wildman–Crippen MR) is 47.9 cm³/mol. The van der Waals surface area contributed by atoms with E-state index in [0.29, 0.717) is 6.04 Å². The van der Waals surface area contributed by atoms with Crippen LogP contribution in [-0.2, 0) is 7.05 Å². The van der Waals surface area contributed by atoms with Crippen LogP contribution in [0.15, 0.2) is 6.20 Å². The third-order valence-corrected chi connectivity index (χ3v) is 2.40. The molecule has 1 aliphatic heterocycles. The van der Waals surface area contributed by atoms with Gasteiger partial charge in [-0.1, -0.05) is 0 Å². The van der Waals surface area contributed by atoms with Gasteiger partial charge in [0.1, 0.15) is 5.82 Å². The summed E-state index contributed by atoms with van der Waals surface area (Å²) in [5, 5.41) is 3.44. The molecule has 12 heavy (non-hydrogen) atoms. The van der Waals surface area contributed by atoms with Gasteiger partial charge in [-0.2, -0.15) is 0 Å². The van der Waals surface area contributed by atoms with Crippen LogP contribution >= 0.6 is 0 Å². The van der Waals surface area contributed by atoms with Gasteiger partial charge in [0.25, 0.3) is 0 Å². The summed E-state index contributed by atoms with van der Waals surface area (Å²) in [5.41, 5.74) is 1.11. The first kappa shape index (κ1) is 7.80. The molecule has 1 aromatic rings. The molecule has 0 spiro atoms. The Labute approximate surface area is 72.8 Å². The maximum atomic E-state index is 4.49. The third kappa shape index (κ3) is 1.25. The Morgan fingerprint density at radius 3 is 3.00 bits per heavy atom. The van der Waals surface area contributed by atoms with E-state index in [1.54, 1.807) is 0 Å². The summed E-state index contributed by atoms with van der Waals surface area (Å²) in [6, 6.07) is 0.490. The smallest absolute Gasteiger partial charge is 0.125 e. The number of hydrogen-bond acceptors (Lipinski definition) is 2. The SMILES string of the molecule is Cc1cn(C)c(C2CCCN2)n1. The van der Waals surface area contributed by atoms with Crippen molar-refractivity contribution in [2.24, 2.45) is 7.05 Å². The highest BCUT2D eigenvalue weighted by Gasteiger charge is 2.19. The summed E-state index contributed by atoms with van der Waals surface area (Å²) in [6.45, 7) is 3.18. The van der Waals surface area contributed by atoms with Crippen molar-refractivity contribution >= 4 is 0 Å². The quantitative estimate of drug-likeness (QED) is 0.676. The Kier molecular flexibility index (Phi) is 1.89. The molecule has 1 N–H and O–H groups in total. The fourth-order valence-electron chi connectivity index (χ4n) is 1.86. The molecule has 3 heteroatoms. The second kappa shape index (κ2) is 2.90. The molecule has 2 rings (SSSR count). The maximum Gasteiger partial charge on any atom is 0.125 e. The van der Waals surface area contributed by atoms with Gasteiger partial charge >= 0.3 is 0 Å². The van der Waals surface area contributed by atoms with Crippen molar-refractivity contribution in [3.05, 3.63) is 17.7 Å². The fraction of sp³-hybridized carbons (Fsp3) is 0.667. The van der Waals surface area contributed by atoms with E-state index in [-0.39, 0.29) is 0 Å². The highest BCUT2D eigenvalue weighted by Crippen LogP contribution is 2.21. The second-order valence-corrected chi connectivity index (χ2v) is 3.50. The zero-order valence-electron chi connectivity index (χ0n) is 7.67. The van der Waals surface area contributed by atoms with Crippen molar-refractivity contribution < 1.29 is 0 Å². The molecule has 0 saturated carbocycles. The van der Waals surface area contributed by atoms with E-state index in [9.17, 15) is 0 Å². The van der Waals surface area contributed by atoms with Crippen LogP contribution in [0.3, 0.4) is 0 Å². The highest BCUT2D eigenvalue weighted by molar-refractivity contribution is 5.06. The van der Waals surface area contributed by atoms with Crippen molar-refractivity contribution in [2.45, 2.75) is 25.8 Å². The summed E-state index contributed by atoms with van der Waals surface area (Å²) in [4.78, 5) is 4.49. The first-order valence-electron chi connectivity index (χ1n) is 4.50. The van der Waals surface area contributed by atoms with E-state index in [1.807, 2.05) is 6.92 Å². The van der Waals surface area contributed by atoms with E-state index in [1.165, 1.54) is 18.7 Å². The van der Waals surface area contributed by atoms with Crippen molar-refractivity contribution in [2.75, 3.05) is 6.54 Å². The summed E-state index contributed by atoms with van der Waals surface area (Å²) in [6.07, 6.45) is 4.58. The van der Waals surface area contributed by atoms with Crippen molar-refractivity contribution in [3.63, 3.8) is 0 Å². The van der Waals surface area contributed by atoms with Crippen LogP contribution in [0.4, 0.5) is 0 Å². The van der Waals surface area contributed by atoms with Crippen molar-refractivity contribution in [1.29, 1.82) is 0 Å². The summed E-state index contributed by atoms with van der Waals surface area (Å²) >= 11 is 0. The minimum absolute atomic E-state index is 0.490. The molecule has 1 aromatic heterocycles. The van der Waals surface area contributed by atoms with E-state index in [2.05, 4.69) is 28.1 Å². The summed E-state index contributed by atoms with van der Waals surface area (Å²) in [7, 11) is 2.06. The molecular weight excluding hydrogens is 150 g/mol. The molecule has 0 aliphatic carbocycles. The maximum absolute atomic E-state index is 4.49. The van der Waals surface area contributed by atoms with Gasteiger partial charge in [-0.25, -0.2) is 4.98 Å². The van der Waals surface area contributed by atoms with Crippen LogP contribution in [0.1, 0.15) is 30.4 Å². The zero-order valence-corrected chi connectivity index (χ0v) is 7.67. The molecule has 1 unspecified atom stereocenters. The van der Waals surface area contributed by atoms with Crippen LogP contribution < -0.4 is 5.32 Å². The van der Waals surface area contributed by atoms with Gasteiger partial charge in [0.2, 0.25) is 0 Å².